The topological polar surface area (TPSA) is 40.7 Å². The lowest BCUT2D eigenvalue weighted by molar-refractivity contribution is 0.560. The molecule has 0 aliphatic carbocycles. The van der Waals surface area contributed by atoms with Crippen LogP contribution in [0.25, 0.3) is 10.9 Å². The second-order valence-electron chi connectivity index (χ2n) is 4.44. The van der Waals surface area contributed by atoms with E-state index < -0.39 is 0 Å². The summed E-state index contributed by atoms with van der Waals surface area (Å²) in [5.41, 5.74) is 2.44. The molecule has 17 heavy (non-hydrogen) atoms. The molecule has 3 nitrogen and oxygen atoms in total. The molecule has 4 heteroatoms. The van der Waals surface area contributed by atoms with Crippen molar-refractivity contribution in [3.05, 3.63) is 30.0 Å². The summed E-state index contributed by atoms with van der Waals surface area (Å²) in [6, 6.07) is 6.31. The molecule has 0 radical (unpaired) electrons. The van der Waals surface area contributed by atoms with Crippen LogP contribution in [0.3, 0.4) is 0 Å². The van der Waals surface area contributed by atoms with Gasteiger partial charge in [-0.15, -0.1) is 0 Å². The van der Waals surface area contributed by atoms with E-state index in [2.05, 4.69) is 46.9 Å². The van der Waals surface area contributed by atoms with Gasteiger partial charge >= 0.3 is 0 Å². The zero-order valence-corrected chi connectivity index (χ0v) is 11.2. The van der Waals surface area contributed by atoms with E-state index >= 15 is 0 Å². The summed E-state index contributed by atoms with van der Waals surface area (Å²) in [7, 11) is 0. The Morgan fingerprint density at radius 1 is 1.47 bits per heavy atom. The first kappa shape index (κ1) is 12.5. The number of thioether (sulfide) groups is 1. The molecule has 2 N–H and O–H groups in total. The molecule has 1 heterocycles. The first-order valence-corrected chi connectivity index (χ1v) is 7.31. The second-order valence-corrected chi connectivity index (χ2v) is 5.35. The van der Waals surface area contributed by atoms with Gasteiger partial charge in [0.05, 0.1) is 11.7 Å². The van der Waals surface area contributed by atoms with Crippen LogP contribution in [0.4, 0.5) is 0 Å². The minimum Gasteiger partial charge on any atom is -0.312 e. The van der Waals surface area contributed by atoms with Gasteiger partial charge in [0.15, 0.2) is 0 Å². The van der Waals surface area contributed by atoms with Crippen molar-refractivity contribution >= 4 is 22.7 Å². The van der Waals surface area contributed by atoms with Gasteiger partial charge in [-0.1, -0.05) is 25.1 Å². The minimum absolute atomic E-state index is 0.714. The standard InChI is InChI=1S/C13H19N3S/c1-10(9-17-2)6-14-7-11-4-3-5-12-8-15-16-13(11)12/h3-5,8,10,14H,6-7,9H2,1-2H3,(H,15,16). The molecule has 1 aromatic carbocycles. The lowest BCUT2D eigenvalue weighted by atomic mass is 10.1. The van der Waals surface area contributed by atoms with Gasteiger partial charge < -0.3 is 5.32 Å². The molecular formula is C13H19N3S. The number of aromatic nitrogens is 2. The number of nitrogens with zero attached hydrogens (tertiary/aromatic N) is 1. The van der Waals surface area contributed by atoms with Crippen molar-refractivity contribution in [1.82, 2.24) is 15.5 Å². The highest BCUT2D eigenvalue weighted by atomic mass is 32.2. The number of benzene rings is 1. The first-order chi connectivity index (χ1) is 8.31. The Bertz CT molecular complexity index is 466. The third-order valence-corrected chi connectivity index (χ3v) is 3.72. The van der Waals surface area contributed by atoms with Crippen LogP contribution in [0.5, 0.6) is 0 Å². The monoisotopic (exact) mass is 249 g/mol. The Morgan fingerprint density at radius 2 is 2.35 bits per heavy atom. The molecule has 92 valence electrons. The second kappa shape index (κ2) is 6.07. The summed E-state index contributed by atoms with van der Waals surface area (Å²) in [5.74, 6) is 1.92. The normalized spacial score (nSPS) is 13.1. The molecule has 1 unspecified atom stereocenters. The van der Waals surface area contributed by atoms with Gasteiger partial charge in [-0.25, -0.2) is 0 Å². The van der Waals surface area contributed by atoms with E-state index in [1.807, 2.05) is 18.0 Å². The zero-order chi connectivity index (χ0) is 12.1. The van der Waals surface area contributed by atoms with Crippen molar-refractivity contribution in [2.75, 3.05) is 18.6 Å². The Labute approximate surface area is 106 Å². The highest BCUT2D eigenvalue weighted by molar-refractivity contribution is 7.98. The summed E-state index contributed by atoms with van der Waals surface area (Å²) in [6.07, 6.45) is 4.02. The highest BCUT2D eigenvalue weighted by Crippen LogP contribution is 2.15. The van der Waals surface area contributed by atoms with Crippen LogP contribution in [0, 0.1) is 5.92 Å². The van der Waals surface area contributed by atoms with E-state index in [-0.39, 0.29) is 0 Å². The van der Waals surface area contributed by atoms with Gasteiger partial charge in [0.1, 0.15) is 0 Å². The molecule has 2 rings (SSSR count). The maximum atomic E-state index is 4.08. The van der Waals surface area contributed by atoms with Crippen molar-refractivity contribution in [2.24, 2.45) is 5.92 Å². The number of hydrogen-bond acceptors (Lipinski definition) is 3. The van der Waals surface area contributed by atoms with E-state index in [4.69, 9.17) is 0 Å². The Hall–Kier alpha value is -1.00. The minimum atomic E-state index is 0.714. The molecule has 1 atom stereocenters. The van der Waals surface area contributed by atoms with Crippen molar-refractivity contribution in [2.45, 2.75) is 13.5 Å². The Kier molecular flexibility index (Phi) is 4.45. The lowest BCUT2D eigenvalue weighted by Gasteiger charge is -2.11. The molecule has 2 aromatic rings. The van der Waals surface area contributed by atoms with Crippen LogP contribution in [-0.4, -0.2) is 28.8 Å². The summed E-state index contributed by atoms with van der Waals surface area (Å²) in [5, 5.41) is 11.8. The van der Waals surface area contributed by atoms with Crippen LogP contribution in [0.2, 0.25) is 0 Å². The Balaban J connectivity index is 1.92. The van der Waals surface area contributed by atoms with Crippen LogP contribution in [-0.2, 0) is 6.54 Å². The van der Waals surface area contributed by atoms with E-state index in [0.717, 1.165) is 18.6 Å². The van der Waals surface area contributed by atoms with Gasteiger partial charge in [0.25, 0.3) is 0 Å². The van der Waals surface area contributed by atoms with Crippen LogP contribution in [0.1, 0.15) is 12.5 Å². The number of aromatic amines is 1. The van der Waals surface area contributed by atoms with Crippen molar-refractivity contribution in [3.8, 4) is 0 Å². The summed E-state index contributed by atoms with van der Waals surface area (Å²) in [6.45, 7) is 4.24. The van der Waals surface area contributed by atoms with Crippen molar-refractivity contribution in [3.63, 3.8) is 0 Å². The number of para-hydroxylation sites is 1. The molecular weight excluding hydrogens is 230 g/mol. The average molecular weight is 249 g/mol. The molecule has 0 amide bonds. The highest BCUT2D eigenvalue weighted by Gasteiger charge is 2.04. The molecule has 0 saturated heterocycles. The average Bonchev–Trinajstić information content (AvgIpc) is 2.78. The molecule has 0 saturated carbocycles. The number of rotatable bonds is 6. The predicted molar refractivity (Wildman–Crippen MR) is 75.3 cm³/mol. The lowest BCUT2D eigenvalue weighted by Crippen LogP contribution is -2.22. The third kappa shape index (κ3) is 3.23. The Morgan fingerprint density at radius 3 is 3.18 bits per heavy atom. The molecule has 0 aliphatic heterocycles. The largest absolute Gasteiger partial charge is 0.312 e. The summed E-state index contributed by atoms with van der Waals surface area (Å²) >= 11 is 1.90. The molecule has 0 bridgehead atoms. The van der Waals surface area contributed by atoms with Crippen LogP contribution in [0.15, 0.2) is 24.4 Å². The van der Waals surface area contributed by atoms with Gasteiger partial charge in [-0.05, 0) is 30.0 Å². The molecule has 0 spiro atoms. The third-order valence-electron chi connectivity index (χ3n) is 2.82. The van der Waals surface area contributed by atoms with Gasteiger partial charge in [0, 0.05) is 11.9 Å². The van der Waals surface area contributed by atoms with Crippen LogP contribution < -0.4 is 5.32 Å². The van der Waals surface area contributed by atoms with Crippen molar-refractivity contribution in [1.29, 1.82) is 0 Å². The number of fused-ring (bicyclic) bond motifs is 1. The molecule has 0 fully saturated rings. The summed E-state index contributed by atoms with van der Waals surface area (Å²) < 4.78 is 0. The maximum absolute atomic E-state index is 4.08. The van der Waals surface area contributed by atoms with Gasteiger partial charge in [0.2, 0.25) is 0 Å². The fourth-order valence-electron chi connectivity index (χ4n) is 1.97. The van der Waals surface area contributed by atoms with Gasteiger partial charge in [-0.2, -0.15) is 16.9 Å². The quantitative estimate of drug-likeness (QED) is 0.827. The number of hydrogen-bond donors (Lipinski definition) is 2. The summed E-state index contributed by atoms with van der Waals surface area (Å²) in [4.78, 5) is 0. The number of nitrogens with one attached hydrogen (secondary N) is 2. The van der Waals surface area contributed by atoms with Crippen molar-refractivity contribution < 1.29 is 0 Å². The fourth-order valence-corrected chi connectivity index (χ4v) is 2.66. The number of H-pyrrole nitrogens is 1. The van der Waals surface area contributed by atoms with E-state index in [1.165, 1.54) is 16.7 Å². The van der Waals surface area contributed by atoms with Crippen LogP contribution >= 0.6 is 11.8 Å². The fraction of sp³-hybridized carbons (Fsp3) is 0.462. The maximum Gasteiger partial charge on any atom is 0.0695 e. The molecule has 0 aliphatic rings. The van der Waals surface area contributed by atoms with E-state index in [1.54, 1.807) is 0 Å². The predicted octanol–water partition coefficient (Wildman–Crippen LogP) is 2.65. The van der Waals surface area contributed by atoms with Gasteiger partial charge in [-0.3, -0.25) is 5.10 Å². The smallest absolute Gasteiger partial charge is 0.0695 e. The first-order valence-electron chi connectivity index (χ1n) is 5.92. The molecule has 1 aromatic heterocycles. The zero-order valence-electron chi connectivity index (χ0n) is 10.4. The van der Waals surface area contributed by atoms with E-state index in [9.17, 15) is 0 Å². The van der Waals surface area contributed by atoms with E-state index in [0.29, 0.717) is 5.92 Å². The SMILES string of the molecule is CSCC(C)CNCc1cccc2cn[nH]c12.